The number of aliphatic hydroxyl groups is 1. The smallest absolute Gasteiger partial charge is 0.250 e. The van der Waals surface area contributed by atoms with Crippen molar-refractivity contribution in [2.75, 3.05) is 13.1 Å². The first-order chi connectivity index (χ1) is 9.09. The number of hydrogen-bond donors (Lipinski definition) is 2. The maximum absolute atomic E-state index is 11.5. The Morgan fingerprint density at radius 1 is 1.53 bits per heavy atom. The van der Waals surface area contributed by atoms with Crippen LogP contribution in [0.1, 0.15) is 32.6 Å². The van der Waals surface area contributed by atoms with Crippen LogP contribution in [0.25, 0.3) is 0 Å². The summed E-state index contributed by atoms with van der Waals surface area (Å²) in [6.45, 7) is 4.18. The van der Waals surface area contributed by atoms with Gasteiger partial charge in [-0.3, -0.25) is 4.79 Å². The summed E-state index contributed by atoms with van der Waals surface area (Å²) in [4.78, 5) is 11.5. The summed E-state index contributed by atoms with van der Waals surface area (Å²) in [6.07, 6.45) is 5.89. The van der Waals surface area contributed by atoms with E-state index in [1.165, 1.54) is 6.42 Å². The zero-order valence-electron chi connectivity index (χ0n) is 11.6. The summed E-state index contributed by atoms with van der Waals surface area (Å²) in [5, 5.41) is 13.7. The third-order valence-electron chi connectivity index (χ3n) is 3.95. The predicted molar refractivity (Wildman–Crippen MR) is 76.2 cm³/mol. The number of rotatable bonds is 5. The van der Waals surface area contributed by atoms with Crippen molar-refractivity contribution < 1.29 is 5.11 Å². The molecule has 106 valence electrons. The number of nitrogens with one attached hydrogen (secondary N) is 1. The van der Waals surface area contributed by atoms with Crippen molar-refractivity contribution in [1.29, 1.82) is 0 Å². The summed E-state index contributed by atoms with van der Waals surface area (Å²) < 4.78 is 1.68. The standard InChI is InChI=1S/C15H24N2O2/c1-13-5-4-7-15(19,11-13)12-16-8-10-17-9-3-2-6-14(17)18/h2-3,6,9,13,16,19H,4-5,7-8,10-12H2,1H3. The molecule has 2 atom stereocenters. The van der Waals surface area contributed by atoms with Crippen LogP contribution in [0.15, 0.2) is 29.2 Å². The van der Waals surface area contributed by atoms with Crippen molar-refractivity contribution in [1.82, 2.24) is 9.88 Å². The van der Waals surface area contributed by atoms with Crippen molar-refractivity contribution >= 4 is 0 Å². The normalized spacial score (nSPS) is 27.4. The number of hydrogen-bond acceptors (Lipinski definition) is 3. The summed E-state index contributed by atoms with van der Waals surface area (Å²) in [7, 11) is 0. The fraction of sp³-hybridized carbons (Fsp3) is 0.667. The monoisotopic (exact) mass is 264 g/mol. The molecule has 0 amide bonds. The molecule has 2 unspecified atom stereocenters. The van der Waals surface area contributed by atoms with Gasteiger partial charge in [-0.05, 0) is 24.8 Å². The van der Waals surface area contributed by atoms with E-state index in [1.54, 1.807) is 22.9 Å². The van der Waals surface area contributed by atoms with Gasteiger partial charge in [-0.25, -0.2) is 0 Å². The van der Waals surface area contributed by atoms with Gasteiger partial charge < -0.3 is 15.0 Å². The third-order valence-corrected chi connectivity index (χ3v) is 3.95. The van der Waals surface area contributed by atoms with Gasteiger partial charge in [0.25, 0.3) is 5.56 Å². The second-order valence-corrected chi connectivity index (χ2v) is 5.83. The molecule has 1 aromatic rings. The highest BCUT2D eigenvalue weighted by atomic mass is 16.3. The van der Waals surface area contributed by atoms with Crippen LogP contribution in [-0.4, -0.2) is 28.4 Å². The first-order valence-corrected chi connectivity index (χ1v) is 7.18. The Morgan fingerprint density at radius 2 is 2.37 bits per heavy atom. The molecule has 1 aliphatic carbocycles. The zero-order chi connectivity index (χ0) is 13.7. The van der Waals surface area contributed by atoms with E-state index in [0.29, 0.717) is 25.6 Å². The molecular weight excluding hydrogens is 240 g/mol. The predicted octanol–water partition coefficient (Wildman–Crippen LogP) is 1.38. The second kappa shape index (κ2) is 6.35. The van der Waals surface area contributed by atoms with E-state index in [2.05, 4.69) is 12.2 Å². The Labute approximate surface area is 114 Å². The highest BCUT2D eigenvalue weighted by Gasteiger charge is 2.31. The quantitative estimate of drug-likeness (QED) is 0.790. The van der Waals surface area contributed by atoms with Gasteiger partial charge >= 0.3 is 0 Å². The van der Waals surface area contributed by atoms with Crippen LogP contribution in [0.5, 0.6) is 0 Å². The van der Waals surface area contributed by atoms with E-state index in [1.807, 2.05) is 6.07 Å². The first-order valence-electron chi connectivity index (χ1n) is 7.18. The maximum atomic E-state index is 11.5. The SMILES string of the molecule is CC1CCCC(O)(CNCCn2ccccc2=O)C1. The molecule has 0 spiro atoms. The van der Waals surface area contributed by atoms with Gasteiger partial charge in [-0.2, -0.15) is 0 Å². The highest BCUT2D eigenvalue weighted by molar-refractivity contribution is 4.93. The molecule has 4 nitrogen and oxygen atoms in total. The van der Waals surface area contributed by atoms with Gasteiger partial charge in [0.05, 0.1) is 5.60 Å². The molecule has 0 aliphatic heterocycles. The van der Waals surface area contributed by atoms with Crippen molar-refractivity contribution in [2.24, 2.45) is 5.92 Å². The van der Waals surface area contributed by atoms with E-state index in [0.717, 1.165) is 19.3 Å². The Hall–Kier alpha value is -1.13. The minimum Gasteiger partial charge on any atom is -0.389 e. The largest absolute Gasteiger partial charge is 0.389 e. The van der Waals surface area contributed by atoms with E-state index in [4.69, 9.17) is 0 Å². The van der Waals surface area contributed by atoms with Gasteiger partial charge in [0.15, 0.2) is 0 Å². The van der Waals surface area contributed by atoms with E-state index in [9.17, 15) is 9.90 Å². The minimum absolute atomic E-state index is 0.0225. The van der Waals surface area contributed by atoms with Gasteiger partial charge in [-0.15, -0.1) is 0 Å². The summed E-state index contributed by atoms with van der Waals surface area (Å²) in [5.74, 6) is 0.609. The van der Waals surface area contributed by atoms with Crippen molar-refractivity contribution in [3.63, 3.8) is 0 Å². The molecule has 4 heteroatoms. The van der Waals surface area contributed by atoms with Crippen LogP contribution in [0, 0.1) is 5.92 Å². The summed E-state index contributed by atoms with van der Waals surface area (Å²) in [6, 6.07) is 5.17. The van der Waals surface area contributed by atoms with Crippen molar-refractivity contribution in [3.8, 4) is 0 Å². The molecule has 1 aromatic heterocycles. The maximum Gasteiger partial charge on any atom is 0.250 e. The van der Waals surface area contributed by atoms with Crippen molar-refractivity contribution in [3.05, 3.63) is 34.7 Å². The Morgan fingerprint density at radius 3 is 3.11 bits per heavy atom. The summed E-state index contributed by atoms with van der Waals surface area (Å²) in [5.41, 5.74) is -0.534. The minimum atomic E-state index is -0.556. The third kappa shape index (κ3) is 4.18. The molecule has 0 radical (unpaired) electrons. The van der Waals surface area contributed by atoms with Crippen LogP contribution >= 0.6 is 0 Å². The average molecular weight is 264 g/mol. The fourth-order valence-electron chi connectivity index (χ4n) is 2.96. The van der Waals surface area contributed by atoms with Crippen LogP contribution in [-0.2, 0) is 6.54 Å². The van der Waals surface area contributed by atoms with Gasteiger partial charge in [0.2, 0.25) is 0 Å². The molecule has 0 bridgehead atoms. The second-order valence-electron chi connectivity index (χ2n) is 5.83. The Kier molecular flexibility index (Phi) is 4.77. The molecule has 19 heavy (non-hydrogen) atoms. The van der Waals surface area contributed by atoms with Crippen LogP contribution < -0.4 is 10.9 Å². The molecule has 2 N–H and O–H groups in total. The van der Waals surface area contributed by atoms with Gasteiger partial charge in [-0.1, -0.05) is 25.8 Å². The lowest BCUT2D eigenvalue weighted by molar-refractivity contribution is -0.0116. The molecule has 1 aliphatic rings. The molecular formula is C15H24N2O2. The van der Waals surface area contributed by atoms with Crippen molar-refractivity contribution in [2.45, 2.75) is 44.8 Å². The molecule has 1 saturated carbocycles. The Balaban J connectivity index is 1.75. The van der Waals surface area contributed by atoms with Gasteiger partial charge in [0.1, 0.15) is 0 Å². The average Bonchev–Trinajstić information content (AvgIpc) is 2.36. The van der Waals surface area contributed by atoms with E-state index in [-0.39, 0.29) is 5.56 Å². The van der Waals surface area contributed by atoms with Crippen LogP contribution in [0.2, 0.25) is 0 Å². The van der Waals surface area contributed by atoms with Crippen LogP contribution in [0.3, 0.4) is 0 Å². The summed E-state index contributed by atoms with van der Waals surface area (Å²) >= 11 is 0. The first kappa shape index (κ1) is 14.3. The highest BCUT2D eigenvalue weighted by Crippen LogP contribution is 2.31. The van der Waals surface area contributed by atoms with E-state index >= 15 is 0 Å². The van der Waals surface area contributed by atoms with Gasteiger partial charge in [0, 0.05) is 31.9 Å². The van der Waals surface area contributed by atoms with E-state index < -0.39 is 5.60 Å². The zero-order valence-corrected chi connectivity index (χ0v) is 11.6. The Bertz CT molecular complexity index is 457. The molecule has 2 rings (SSSR count). The number of nitrogens with zero attached hydrogens (tertiary/aromatic N) is 1. The molecule has 1 heterocycles. The number of aromatic nitrogens is 1. The topological polar surface area (TPSA) is 54.3 Å². The lowest BCUT2D eigenvalue weighted by Crippen LogP contribution is -2.45. The lowest BCUT2D eigenvalue weighted by Gasteiger charge is -2.35. The number of pyridine rings is 1. The fourth-order valence-corrected chi connectivity index (χ4v) is 2.96. The van der Waals surface area contributed by atoms with Crippen LogP contribution in [0.4, 0.5) is 0 Å². The lowest BCUT2D eigenvalue weighted by atomic mass is 9.79. The molecule has 0 aromatic carbocycles. The molecule has 0 saturated heterocycles. The molecule has 1 fully saturated rings.